The molecule has 0 bridgehead atoms. The Bertz CT molecular complexity index is 1930. The number of nitrogens with one attached hydrogen (secondary N) is 1. The van der Waals surface area contributed by atoms with Crippen molar-refractivity contribution in [2.75, 3.05) is 26.4 Å². The van der Waals surface area contributed by atoms with Gasteiger partial charge in [-0.1, -0.05) is 39.3 Å². The zero-order valence-electron chi connectivity index (χ0n) is 42.5. The predicted molar refractivity (Wildman–Crippen MR) is 249 cm³/mol. The van der Waals surface area contributed by atoms with Gasteiger partial charge in [-0.2, -0.15) is 0 Å². The Labute approximate surface area is 425 Å². The lowest BCUT2D eigenvalue weighted by atomic mass is 9.47. The van der Waals surface area contributed by atoms with Crippen molar-refractivity contribution in [3.8, 4) is 0 Å². The summed E-state index contributed by atoms with van der Waals surface area (Å²) in [6, 6.07) is 0. The van der Waals surface area contributed by atoms with E-state index < -0.39 is 149 Å². The molecular formula is C51H83NO21. The van der Waals surface area contributed by atoms with Gasteiger partial charge in [0.15, 0.2) is 25.2 Å². The monoisotopic (exact) mass is 1050 g/mol. The number of aliphatic hydroxyl groups is 12. The first-order valence-corrected chi connectivity index (χ1v) is 27.0. The minimum absolute atomic E-state index is 0.0527. The molecule has 73 heavy (non-hydrogen) atoms. The van der Waals surface area contributed by atoms with Crippen molar-refractivity contribution in [3.63, 3.8) is 0 Å². The van der Waals surface area contributed by atoms with E-state index in [-0.39, 0.29) is 22.7 Å². The molecule has 418 valence electrons. The third-order valence-corrected chi connectivity index (χ3v) is 20.0. The van der Waals surface area contributed by atoms with Gasteiger partial charge in [0, 0.05) is 12.5 Å². The van der Waals surface area contributed by atoms with E-state index in [9.17, 15) is 61.3 Å². The lowest BCUT2D eigenvalue weighted by Gasteiger charge is -2.59. The van der Waals surface area contributed by atoms with Gasteiger partial charge < -0.3 is 104 Å². The summed E-state index contributed by atoms with van der Waals surface area (Å²) in [6.07, 6.45) is -23.2. The molecule has 1 spiro atoms. The summed E-state index contributed by atoms with van der Waals surface area (Å²) in [5.41, 5.74) is 1.25. The van der Waals surface area contributed by atoms with E-state index in [0.29, 0.717) is 48.3 Å². The number of aliphatic hydroxyl groups excluding tert-OH is 12. The minimum Gasteiger partial charge on any atom is -0.394 e. The second-order valence-electron chi connectivity index (χ2n) is 24.0. The Morgan fingerprint density at radius 3 is 1.79 bits per heavy atom. The van der Waals surface area contributed by atoms with Gasteiger partial charge in [-0.05, 0) is 105 Å². The predicted octanol–water partition coefficient (Wildman–Crippen LogP) is -2.39. The van der Waals surface area contributed by atoms with Crippen molar-refractivity contribution < 1.29 is 104 Å². The molecule has 6 aliphatic heterocycles. The third kappa shape index (κ3) is 9.42. The largest absolute Gasteiger partial charge is 0.394 e. The molecule has 0 aromatic heterocycles. The van der Waals surface area contributed by atoms with Crippen molar-refractivity contribution in [1.82, 2.24) is 5.32 Å². The SMILES string of the molecule is CC1CCC2(NC1)OC1CC3C4CC=C5CC(OC6OC(CO)C(O)C(OC7OC(CO)C(O)C(O)C7OC7OC(CO)C(O)C(O)C7OC7OC(C)C(O)C(O)C7O)C6O)CCC5(C)C4CCC3(C)C1C2C. The van der Waals surface area contributed by atoms with Crippen LogP contribution in [-0.2, 0) is 42.6 Å². The van der Waals surface area contributed by atoms with Gasteiger partial charge in [-0.15, -0.1) is 0 Å². The zero-order chi connectivity index (χ0) is 52.2. The number of piperidine rings is 1. The van der Waals surface area contributed by atoms with Gasteiger partial charge in [0.2, 0.25) is 0 Å². The maximum atomic E-state index is 12.0. The van der Waals surface area contributed by atoms with Gasteiger partial charge in [0.25, 0.3) is 0 Å². The molecule has 0 amide bonds. The number of hydrogen-bond acceptors (Lipinski definition) is 22. The van der Waals surface area contributed by atoms with Crippen LogP contribution in [0.15, 0.2) is 11.6 Å². The standard InChI is InChI=1S/C51H83NO21/c1-20-8-13-51(52-16-20)21(2)32-28(73-51)15-27-25-7-6-23-14-24(9-11-49(23,4)26(25)10-12-50(27,32)5)66-46-41(64)42(36(59)31(19-55)67-46)70-47-44(39(62)35(58)29(17-53)68-47)72-48-43(38(61)34(57)30(18-54)69-48)71-45-40(63)37(60)33(56)22(3)65-45/h6,20-22,24-48,52-64H,7-19H2,1-5H3. The quantitative estimate of drug-likeness (QED) is 0.0961. The summed E-state index contributed by atoms with van der Waals surface area (Å²) in [5.74, 6) is 3.22. The van der Waals surface area contributed by atoms with Crippen LogP contribution in [0.4, 0.5) is 0 Å². The number of hydrogen-bond donors (Lipinski definition) is 13. The van der Waals surface area contributed by atoms with Crippen LogP contribution in [0.3, 0.4) is 0 Å². The van der Waals surface area contributed by atoms with Crippen molar-refractivity contribution in [1.29, 1.82) is 0 Å². The van der Waals surface area contributed by atoms with Crippen LogP contribution in [0.2, 0.25) is 0 Å². The first-order valence-electron chi connectivity index (χ1n) is 27.0. The van der Waals surface area contributed by atoms with Gasteiger partial charge in [0.1, 0.15) is 97.3 Å². The fourth-order valence-electron chi connectivity index (χ4n) is 15.7. The molecule has 0 radical (unpaired) electrons. The summed E-state index contributed by atoms with van der Waals surface area (Å²) in [6.45, 7) is 9.64. The second kappa shape index (κ2) is 21.2. The molecule has 31 atom stereocenters. The van der Waals surface area contributed by atoms with E-state index in [1.54, 1.807) is 0 Å². The van der Waals surface area contributed by atoms with Crippen molar-refractivity contribution in [2.45, 2.75) is 233 Å². The molecule has 22 nitrogen and oxygen atoms in total. The van der Waals surface area contributed by atoms with E-state index in [1.165, 1.54) is 18.9 Å². The number of rotatable bonds is 11. The highest BCUT2D eigenvalue weighted by Crippen LogP contribution is 2.70. The van der Waals surface area contributed by atoms with Crippen LogP contribution in [0.5, 0.6) is 0 Å². The normalized spacial score (nSPS) is 57.1. The van der Waals surface area contributed by atoms with Crippen LogP contribution >= 0.6 is 0 Å². The summed E-state index contributed by atoms with van der Waals surface area (Å²) in [4.78, 5) is 0. The fraction of sp³-hybridized carbons (Fsp3) is 0.961. The molecule has 6 saturated heterocycles. The molecule has 0 aromatic rings. The molecule has 31 unspecified atom stereocenters. The lowest BCUT2D eigenvalue weighted by Crippen LogP contribution is -2.68. The van der Waals surface area contributed by atoms with Crippen LogP contribution in [0.1, 0.15) is 92.4 Å². The van der Waals surface area contributed by atoms with Gasteiger partial charge in [-0.25, -0.2) is 0 Å². The average Bonchev–Trinajstić information content (AvgIpc) is 3.82. The molecule has 22 heteroatoms. The Balaban J connectivity index is 0.833. The Kier molecular flexibility index (Phi) is 16.0. The molecule has 10 rings (SSSR count). The fourth-order valence-corrected chi connectivity index (χ4v) is 15.7. The Morgan fingerprint density at radius 1 is 0.589 bits per heavy atom. The summed E-state index contributed by atoms with van der Waals surface area (Å²) in [5, 5.41) is 134. The molecule has 10 aliphatic rings. The smallest absolute Gasteiger partial charge is 0.187 e. The van der Waals surface area contributed by atoms with E-state index >= 15 is 0 Å². The maximum absolute atomic E-state index is 12.0. The first-order chi connectivity index (χ1) is 34.7. The lowest BCUT2D eigenvalue weighted by molar-refractivity contribution is -0.403. The van der Waals surface area contributed by atoms with E-state index in [4.69, 9.17) is 42.6 Å². The highest BCUT2D eigenvalue weighted by atomic mass is 16.8. The Hall–Kier alpha value is -1.14. The van der Waals surface area contributed by atoms with Gasteiger partial charge >= 0.3 is 0 Å². The number of allylic oxidation sites excluding steroid dienone is 1. The van der Waals surface area contributed by atoms with Crippen LogP contribution in [-0.4, -0.2) is 228 Å². The first kappa shape index (κ1) is 55.2. The second-order valence-corrected chi connectivity index (χ2v) is 24.0. The molecule has 9 fully saturated rings. The van der Waals surface area contributed by atoms with Crippen LogP contribution < -0.4 is 5.32 Å². The van der Waals surface area contributed by atoms with Crippen LogP contribution in [0.25, 0.3) is 0 Å². The molecule has 6 heterocycles. The Morgan fingerprint density at radius 2 is 1.18 bits per heavy atom. The summed E-state index contributed by atoms with van der Waals surface area (Å²) < 4.78 is 55.1. The summed E-state index contributed by atoms with van der Waals surface area (Å²) in [7, 11) is 0. The zero-order valence-corrected chi connectivity index (χ0v) is 42.5. The van der Waals surface area contributed by atoms with Crippen molar-refractivity contribution >= 4 is 0 Å². The van der Waals surface area contributed by atoms with E-state index in [0.717, 1.165) is 45.1 Å². The van der Waals surface area contributed by atoms with Crippen LogP contribution in [0, 0.1) is 46.3 Å². The highest BCUT2D eigenvalue weighted by Gasteiger charge is 2.68. The molecule has 0 aromatic carbocycles. The average molecular weight is 1050 g/mol. The number of ether oxygens (including phenoxy) is 9. The van der Waals surface area contributed by atoms with E-state index in [2.05, 4.69) is 39.1 Å². The summed E-state index contributed by atoms with van der Waals surface area (Å²) >= 11 is 0. The highest BCUT2D eigenvalue weighted by molar-refractivity contribution is 5.27. The molecule has 3 saturated carbocycles. The topological polar surface area (TPSA) is 338 Å². The number of fused-ring (bicyclic) bond motifs is 7. The molecular weight excluding hydrogens is 963 g/mol. The van der Waals surface area contributed by atoms with Gasteiger partial charge in [0.05, 0.1) is 38.1 Å². The van der Waals surface area contributed by atoms with Crippen molar-refractivity contribution in [3.05, 3.63) is 11.6 Å². The molecule has 4 aliphatic carbocycles. The van der Waals surface area contributed by atoms with Gasteiger partial charge in [-0.3, -0.25) is 5.32 Å². The van der Waals surface area contributed by atoms with Crippen molar-refractivity contribution in [2.24, 2.45) is 46.3 Å². The van der Waals surface area contributed by atoms with E-state index in [1.807, 2.05) is 0 Å². The molecule has 13 N–H and O–H groups in total. The minimum atomic E-state index is -1.99. The maximum Gasteiger partial charge on any atom is 0.187 e. The third-order valence-electron chi connectivity index (χ3n) is 20.0.